The van der Waals surface area contributed by atoms with Gasteiger partial charge in [-0.1, -0.05) is 20.8 Å². The molecule has 2 aliphatic rings. The normalized spacial score (nSPS) is 25.4. The first-order chi connectivity index (χ1) is 9.48. The van der Waals surface area contributed by atoms with Gasteiger partial charge in [-0.3, -0.25) is 0 Å². The Balaban J connectivity index is 0.000000956. The third-order valence-electron chi connectivity index (χ3n) is 4.94. The molecule has 3 nitrogen and oxygen atoms in total. The third kappa shape index (κ3) is 5.34. The molecule has 0 bridgehead atoms. The van der Waals surface area contributed by atoms with Gasteiger partial charge in [0.05, 0.1) is 0 Å². The lowest BCUT2D eigenvalue weighted by Gasteiger charge is -2.45. The Morgan fingerprint density at radius 1 is 0.900 bits per heavy atom. The van der Waals surface area contributed by atoms with Gasteiger partial charge in [0.1, 0.15) is 0 Å². The molecule has 0 aromatic carbocycles. The Bertz CT molecular complexity index is 249. The van der Waals surface area contributed by atoms with Gasteiger partial charge < -0.3 is 14.7 Å². The van der Waals surface area contributed by atoms with E-state index >= 15 is 0 Å². The van der Waals surface area contributed by atoms with Crippen LogP contribution in [0.15, 0.2) is 0 Å². The van der Waals surface area contributed by atoms with E-state index < -0.39 is 0 Å². The Hall–Kier alpha value is -0.120. The minimum atomic E-state index is 0.557. The molecule has 0 aromatic rings. The molecule has 0 aromatic heterocycles. The largest absolute Gasteiger partial charge is 0.304 e. The number of nitrogens with zero attached hydrogens (tertiary/aromatic N) is 3. The molecule has 0 amide bonds. The van der Waals surface area contributed by atoms with Crippen LogP contribution in [0.1, 0.15) is 47.5 Å². The van der Waals surface area contributed by atoms with Crippen molar-refractivity contribution in [1.82, 2.24) is 14.7 Å². The SMILES string of the molecule is CC.CC(C)N1CCC(C)(CN2CCN(C)CC2)CC1. The van der Waals surface area contributed by atoms with Crippen molar-refractivity contribution in [2.24, 2.45) is 5.41 Å². The fraction of sp³-hybridized carbons (Fsp3) is 1.00. The number of likely N-dealkylation sites (N-methyl/N-ethyl adjacent to an activating group) is 1. The molecule has 2 aliphatic heterocycles. The lowest BCUT2D eigenvalue weighted by Crippen LogP contribution is -2.51. The van der Waals surface area contributed by atoms with E-state index in [-0.39, 0.29) is 0 Å². The Labute approximate surface area is 127 Å². The van der Waals surface area contributed by atoms with Crippen LogP contribution < -0.4 is 0 Å². The van der Waals surface area contributed by atoms with Crippen molar-refractivity contribution < 1.29 is 0 Å². The summed E-state index contributed by atoms with van der Waals surface area (Å²) in [6.45, 7) is 20.1. The number of hydrogen-bond donors (Lipinski definition) is 0. The molecule has 2 saturated heterocycles. The van der Waals surface area contributed by atoms with E-state index in [1.165, 1.54) is 58.7 Å². The van der Waals surface area contributed by atoms with Gasteiger partial charge in [0.25, 0.3) is 0 Å². The lowest BCUT2D eigenvalue weighted by molar-refractivity contribution is 0.0446. The molecular weight excluding hydrogens is 246 g/mol. The van der Waals surface area contributed by atoms with Crippen molar-refractivity contribution >= 4 is 0 Å². The highest BCUT2D eigenvalue weighted by molar-refractivity contribution is 4.87. The summed E-state index contributed by atoms with van der Waals surface area (Å²) >= 11 is 0. The lowest BCUT2D eigenvalue weighted by atomic mass is 9.79. The van der Waals surface area contributed by atoms with Crippen LogP contribution in [0.3, 0.4) is 0 Å². The molecule has 3 heteroatoms. The first kappa shape index (κ1) is 17.9. The summed E-state index contributed by atoms with van der Waals surface area (Å²) in [5.74, 6) is 0. The first-order valence-electron chi connectivity index (χ1n) is 8.63. The average Bonchev–Trinajstić information content (AvgIpc) is 2.44. The Kier molecular flexibility index (Phi) is 7.49. The van der Waals surface area contributed by atoms with E-state index in [4.69, 9.17) is 0 Å². The molecule has 0 atom stereocenters. The van der Waals surface area contributed by atoms with E-state index in [1.54, 1.807) is 0 Å². The summed E-state index contributed by atoms with van der Waals surface area (Å²) in [5.41, 5.74) is 0.557. The Morgan fingerprint density at radius 2 is 1.40 bits per heavy atom. The van der Waals surface area contributed by atoms with Gasteiger partial charge in [-0.2, -0.15) is 0 Å². The molecule has 0 unspecified atom stereocenters. The smallest absolute Gasteiger partial charge is 0.0110 e. The molecule has 120 valence electrons. The van der Waals surface area contributed by atoms with Gasteiger partial charge >= 0.3 is 0 Å². The maximum Gasteiger partial charge on any atom is 0.0110 e. The molecule has 2 heterocycles. The van der Waals surface area contributed by atoms with Crippen molar-refractivity contribution in [3.05, 3.63) is 0 Å². The summed E-state index contributed by atoms with van der Waals surface area (Å²) < 4.78 is 0. The van der Waals surface area contributed by atoms with Gasteiger partial charge in [0.15, 0.2) is 0 Å². The molecule has 0 aliphatic carbocycles. The number of piperazine rings is 1. The number of hydrogen-bond acceptors (Lipinski definition) is 3. The molecule has 2 rings (SSSR count). The number of rotatable bonds is 3. The van der Waals surface area contributed by atoms with Crippen LogP contribution in [0.2, 0.25) is 0 Å². The van der Waals surface area contributed by atoms with Gasteiger partial charge in [-0.25, -0.2) is 0 Å². The average molecular weight is 284 g/mol. The van der Waals surface area contributed by atoms with E-state index in [1.807, 2.05) is 13.8 Å². The van der Waals surface area contributed by atoms with Crippen LogP contribution in [-0.4, -0.2) is 73.6 Å². The zero-order valence-electron chi connectivity index (χ0n) is 14.8. The van der Waals surface area contributed by atoms with Gasteiger partial charge in [-0.05, 0) is 52.2 Å². The fourth-order valence-corrected chi connectivity index (χ4v) is 3.28. The third-order valence-corrected chi connectivity index (χ3v) is 4.94. The highest BCUT2D eigenvalue weighted by Crippen LogP contribution is 2.32. The van der Waals surface area contributed by atoms with E-state index in [2.05, 4.69) is 42.5 Å². The van der Waals surface area contributed by atoms with Crippen molar-refractivity contribution in [3.63, 3.8) is 0 Å². The summed E-state index contributed by atoms with van der Waals surface area (Å²) in [4.78, 5) is 7.76. The fourth-order valence-electron chi connectivity index (χ4n) is 3.28. The first-order valence-corrected chi connectivity index (χ1v) is 8.63. The minimum Gasteiger partial charge on any atom is -0.304 e. The van der Waals surface area contributed by atoms with Crippen LogP contribution in [0.4, 0.5) is 0 Å². The van der Waals surface area contributed by atoms with Gasteiger partial charge in [0.2, 0.25) is 0 Å². The van der Waals surface area contributed by atoms with Crippen LogP contribution in [0, 0.1) is 5.41 Å². The standard InChI is InChI=1S/C15H31N3.C2H6/c1-14(2)18-7-5-15(3,6-8-18)13-17-11-9-16(4)10-12-17;1-2/h14H,5-13H2,1-4H3;1-2H3. The molecule has 0 N–H and O–H groups in total. The zero-order chi connectivity index (χ0) is 15.2. The van der Waals surface area contributed by atoms with E-state index in [9.17, 15) is 0 Å². The van der Waals surface area contributed by atoms with Crippen LogP contribution in [0.25, 0.3) is 0 Å². The Morgan fingerprint density at radius 3 is 1.85 bits per heavy atom. The predicted octanol–water partition coefficient (Wildman–Crippen LogP) is 2.77. The second-order valence-electron chi connectivity index (χ2n) is 7.02. The molecule has 0 saturated carbocycles. The van der Waals surface area contributed by atoms with Crippen molar-refractivity contribution in [3.8, 4) is 0 Å². The number of likely N-dealkylation sites (tertiary alicyclic amines) is 1. The van der Waals surface area contributed by atoms with Gasteiger partial charge in [0, 0.05) is 38.8 Å². The second-order valence-corrected chi connectivity index (χ2v) is 7.02. The van der Waals surface area contributed by atoms with E-state index in [0.29, 0.717) is 5.41 Å². The topological polar surface area (TPSA) is 9.72 Å². The number of piperidine rings is 1. The van der Waals surface area contributed by atoms with E-state index in [0.717, 1.165) is 6.04 Å². The monoisotopic (exact) mass is 283 g/mol. The maximum atomic E-state index is 2.69. The summed E-state index contributed by atoms with van der Waals surface area (Å²) in [5, 5.41) is 0. The van der Waals surface area contributed by atoms with Gasteiger partial charge in [-0.15, -0.1) is 0 Å². The molecule has 2 fully saturated rings. The van der Waals surface area contributed by atoms with Crippen molar-refractivity contribution in [1.29, 1.82) is 0 Å². The van der Waals surface area contributed by atoms with Crippen molar-refractivity contribution in [2.75, 3.05) is 52.9 Å². The minimum absolute atomic E-state index is 0.557. The molecule has 20 heavy (non-hydrogen) atoms. The quantitative estimate of drug-likeness (QED) is 0.788. The summed E-state index contributed by atoms with van der Waals surface area (Å²) in [6.07, 6.45) is 2.75. The maximum absolute atomic E-state index is 2.69. The summed E-state index contributed by atoms with van der Waals surface area (Å²) in [6, 6.07) is 0.721. The van der Waals surface area contributed by atoms with Crippen LogP contribution >= 0.6 is 0 Å². The highest BCUT2D eigenvalue weighted by atomic mass is 15.3. The molecular formula is C17H37N3. The van der Waals surface area contributed by atoms with Crippen LogP contribution in [-0.2, 0) is 0 Å². The molecule has 0 radical (unpaired) electrons. The second kappa shape index (κ2) is 8.35. The zero-order valence-corrected chi connectivity index (χ0v) is 14.8. The van der Waals surface area contributed by atoms with Crippen molar-refractivity contribution in [2.45, 2.75) is 53.5 Å². The predicted molar refractivity (Wildman–Crippen MR) is 89.3 cm³/mol. The van der Waals surface area contributed by atoms with Crippen LogP contribution in [0.5, 0.6) is 0 Å². The summed E-state index contributed by atoms with van der Waals surface area (Å²) in [7, 11) is 2.24. The molecule has 0 spiro atoms. The highest BCUT2D eigenvalue weighted by Gasteiger charge is 2.33.